The van der Waals surface area contributed by atoms with Crippen molar-refractivity contribution >= 4 is 0 Å². The minimum Gasteiger partial charge on any atom is -0.192 e. The smallest absolute Gasteiger partial charge is 0.0991 e. The molecule has 0 fully saturated rings. The molecule has 0 saturated heterocycles. The molecule has 1 unspecified atom stereocenters. The average Bonchev–Trinajstić information content (AvgIpc) is 2.59. The standard InChI is InChI=1S/C21H23N/c1-2-3-4-16-5-10-21-14-20(12-11-19(21)13-16)18-8-6-17(15-22)7-9-18/h6-9,11-12,14,16H,2-5,10,13H2,1H3. The molecule has 0 N–H and O–H groups in total. The molecule has 1 heteroatoms. The average molecular weight is 289 g/mol. The van der Waals surface area contributed by atoms with Crippen LogP contribution < -0.4 is 0 Å². The number of fused-ring (bicyclic) bond motifs is 1. The molecule has 2 aromatic rings. The molecule has 22 heavy (non-hydrogen) atoms. The van der Waals surface area contributed by atoms with E-state index < -0.39 is 0 Å². The maximum atomic E-state index is 8.89. The summed E-state index contributed by atoms with van der Waals surface area (Å²) in [7, 11) is 0. The van der Waals surface area contributed by atoms with Crippen LogP contribution in [0.25, 0.3) is 11.1 Å². The number of hydrogen-bond acceptors (Lipinski definition) is 1. The number of rotatable bonds is 4. The van der Waals surface area contributed by atoms with Gasteiger partial charge in [0.25, 0.3) is 0 Å². The van der Waals surface area contributed by atoms with Crippen LogP contribution in [0, 0.1) is 17.2 Å². The van der Waals surface area contributed by atoms with E-state index >= 15 is 0 Å². The molecule has 2 aromatic carbocycles. The molecular formula is C21H23N. The van der Waals surface area contributed by atoms with Crippen molar-refractivity contribution in [3.8, 4) is 17.2 Å². The zero-order valence-electron chi connectivity index (χ0n) is 13.3. The van der Waals surface area contributed by atoms with E-state index in [1.165, 1.54) is 55.2 Å². The lowest BCUT2D eigenvalue weighted by atomic mass is 9.80. The van der Waals surface area contributed by atoms with Gasteiger partial charge in [-0.3, -0.25) is 0 Å². The van der Waals surface area contributed by atoms with Crippen LogP contribution in [0.15, 0.2) is 42.5 Å². The number of unbranched alkanes of at least 4 members (excludes halogenated alkanes) is 1. The Balaban J connectivity index is 1.78. The first kappa shape index (κ1) is 14.9. The molecule has 0 amide bonds. The second-order valence-corrected chi connectivity index (χ2v) is 6.42. The van der Waals surface area contributed by atoms with E-state index in [2.05, 4.69) is 31.2 Å². The zero-order valence-corrected chi connectivity index (χ0v) is 13.3. The van der Waals surface area contributed by atoms with Gasteiger partial charge in [0.05, 0.1) is 11.6 Å². The lowest BCUT2D eigenvalue weighted by Gasteiger charge is -2.25. The van der Waals surface area contributed by atoms with Crippen LogP contribution in [0.1, 0.15) is 49.3 Å². The Morgan fingerprint density at radius 2 is 1.82 bits per heavy atom. The van der Waals surface area contributed by atoms with Crippen molar-refractivity contribution in [3.63, 3.8) is 0 Å². The first-order valence-electron chi connectivity index (χ1n) is 8.42. The summed E-state index contributed by atoms with van der Waals surface area (Å²) >= 11 is 0. The van der Waals surface area contributed by atoms with Crippen molar-refractivity contribution in [2.24, 2.45) is 5.92 Å². The highest BCUT2D eigenvalue weighted by molar-refractivity contribution is 5.66. The Morgan fingerprint density at radius 3 is 2.55 bits per heavy atom. The third kappa shape index (κ3) is 3.22. The summed E-state index contributed by atoms with van der Waals surface area (Å²) in [6, 6.07) is 17.0. The van der Waals surface area contributed by atoms with Gasteiger partial charge in [0.15, 0.2) is 0 Å². The van der Waals surface area contributed by atoms with Crippen molar-refractivity contribution in [2.75, 3.05) is 0 Å². The molecule has 3 rings (SSSR count). The number of nitriles is 1. The predicted molar refractivity (Wildman–Crippen MR) is 91.6 cm³/mol. The van der Waals surface area contributed by atoms with Gasteiger partial charge in [-0.15, -0.1) is 0 Å². The monoisotopic (exact) mass is 289 g/mol. The number of nitrogens with zero attached hydrogens (tertiary/aromatic N) is 1. The van der Waals surface area contributed by atoms with Gasteiger partial charge in [0, 0.05) is 0 Å². The third-order valence-corrected chi connectivity index (χ3v) is 4.85. The molecule has 112 valence electrons. The fraction of sp³-hybridized carbons (Fsp3) is 0.381. The van der Waals surface area contributed by atoms with Crippen LogP contribution in [0.4, 0.5) is 0 Å². The van der Waals surface area contributed by atoms with Crippen LogP contribution in [-0.4, -0.2) is 0 Å². The molecule has 0 heterocycles. The summed E-state index contributed by atoms with van der Waals surface area (Å²) in [6.07, 6.45) is 7.86. The van der Waals surface area contributed by atoms with E-state index in [9.17, 15) is 0 Å². The summed E-state index contributed by atoms with van der Waals surface area (Å²) in [5.74, 6) is 0.883. The van der Waals surface area contributed by atoms with E-state index in [-0.39, 0.29) is 0 Å². The molecule has 0 spiro atoms. The minimum atomic E-state index is 0.723. The Hall–Kier alpha value is -2.07. The van der Waals surface area contributed by atoms with Gasteiger partial charge >= 0.3 is 0 Å². The quantitative estimate of drug-likeness (QED) is 0.727. The second kappa shape index (κ2) is 6.79. The van der Waals surface area contributed by atoms with E-state index in [4.69, 9.17) is 5.26 Å². The second-order valence-electron chi connectivity index (χ2n) is 6.42. The van der Waals surface area contributed by atoms with Gasteiger partial charge < -0.3 is 0 Å². The lowest BCUT2D eigenvalue weighted by Crippen LogP contribution is -2.14. The Kier molecular flexibility index (Phi) is 4.59. The Bertz CT molecular complexity index is 676. The van der Waals surface area contributed by atoms with Crippen LogP contribution in [0.2, 0.25) is 0 Å². The van der Waals surface area contributed by atoms with Gasteiger partial charge in [0.1, 0.15) is 0 Å². The third-order valence-electron chi connectivity index (χ3n) is 4.85. The Morgan fingerprint density at radius 1 is 1.05 bits per heavy atom. The van der Waals surface area contributed by atoms with E-state index in [0.29, 0.717) is 0 Å². The van der Waals surface area contributed by atoms with Crippen molar-refractivity contribution in [2.45, 2.75) is 45.4 Å². The van der Waals surface area contributed by atoms with Crippen molar-refractivity contribution in [1.82, 2.24) is 0 Å². The largest absolute Gasteiger partial charge is 0.192 e. The lowest BCUT2D eigenvalue weighted by molar-refractivity contribution is 0.413. The highest BCUT2D eigenvalue weighted by Gasteiger charge is 2.18. The summed E-state index contributed by atoms with van der Waals surface area (Å²) in [4.78, 5) is 0. The Labute approximate surface area is 133 Å². The first-order chi connectivity index (χ1) is 10.8. The van der Waals surface area contributed by atoms with E-state index in [0.717, 1.165) is 11.5 Å². The summed E-state index contributed by atoms with van der Waals surface area (Å²) in [5.41, 5.74) is 6.27. The number of hydrogen-bond donors (Lipinski definition) is 0. The molecule has 0 aliphatic heterocycles. The molecule has 1 atom stereocenters. The molecule has 1 aliphatic rings. The van der Waals surface area contributed by atoms with Crippen LogP contribution in [0.3, 0.4) is 0 Å². The van der Waals surface area contributed by atoms with Gasteiger partial charge in [0.2, 0.25) is 0 Å². The zero-order chi connectivity index (χ0) is 15.4. The highest BCUT2D eigenvalue weighted by atomic mass is 14.2. The fourth-order valence-electron chi connectivity index (χ4n) is 3.49. The summed E-state index contributed by atoms with van der Waals surface area (Å²) in [6.45, 7) is 2.28. The fourth-order valence-corrected chi connectivity index (χ4v) is 3.49. The number of benzene rings is 2. The minimum absolute atomic E-state index is 0.723. The predicted octanol–water partition coefficient (Wildman–Crippen LogP) is 5.52. The normalized spacial score (nSPS) is 16.8. The van der Waals surface area contributed by atoms with E-state index in [1.54, 1.807) is 5.56 Å². The topological polar surface area (TPSA) is 23.8 Å². The van der Waals surface area contributed by atoms with Gasteiger partial charge in [-0.25, -0.2) is 0 Å². The van der Waals surface area contributed by atoms with Gasteiger partial charge in [-0.05, 0) is 59.6 Å². The molecule has 1 aliphatic carbocycles. The van der Waals surface area contributed by atoms with Gasteiger partial charge in [-0.2, -0.15) is 5.26 Å². The molecule has 0 aromatic heterocycles. The molecule has 0 saturated carbocycles. The summed E-state index contributed by atoms with van der Waals surface area (Å²) < 4.78 is 0. The molecule has 1 nitrogen and oxygen atoms in total. The molecule has 0 bridgehead atoms. The SMILES string of the molecule is CCCCC1CCc2cc(-c3ccc(C#N)cc3)ccc2C1. The van der Waals surface area contributed by atoms with E-state index in [1.807, 2.05) is 24.3 Å². The maximum Gasteiger partial charge on any atom is 0.0991 e. The van der Waals surface area contributed by atoms with Crippen LogP contribution in [0.5, 0.6) is 0 Å². The molecular weight excluding hydrogens is 266 g/mol. The first-order valence-corrected chi connectivity index (χ1v) is 8.42. The molecule has 0 radical (unpaired) electrons. The summed E-state index contributed by atoms with van der Waals surface area (Å²) in [5, 5.41) is 8.89. The number of aryl methyl sites for hydroxylation is 1. The van der Waals surface area contributed by atoms with Gasteiger partial charge in [-0.1, -0.05) is 56.5 Å². The van der Waals surface area contributed by atoms with Crippen molar-refractivity contribution < 1.29 is 0 Å². The van der Waals surface area contributed by atoms with Crippen molar-refractivity contribution in [1.29, 1.82) is 5.26 Å². The highest BCUT2D eigenvalue weighted by Crippen LogP contribution is 2.32. The maximum absolute atomic E-state index is 8.89. The van der Waals surface area contributed by atoms with Crippen molar-refractivity contribution in [3.05, 3.63) is 59.2 Å². The van der Waals surface area contributed by atoms with Crippen LogP contribution in [-0.2, 0) is 12.8 Å². The van der Waals surface area contributed by atoms with Crippen LogP contribution >= 0.6 is 0 Å².